The molecule has 0 atom stereocenters. The van der Waals surface area contributed by atoms with Crippen LogP contribution in [-0.4, -0.2) is 31.9 Å². The Balaban J connectivity index is 2.13. The second-order valence-corrected chi connectivity index (χ2v) is 10.3. The number of sulfone groups is 1. The summed E-state index contributed by atoms with van der Waals surface area (Å²) in [5, 5.41) is 2.90. The fraction of sp³-hybridized carbons (Fsp3) is 0.588. The minimum atomic E-state index is -3.42. The molecule has 0 bridgehead atoms. The maximum Gasteiger partial charge on any atom is 0.241 e. The molecule has 1 fully saturated rings. The minimum Gasteiger partial charge on any atom is -0.354 e. The third kappa shape index (κ3) is 3.79. The zero-order valence-electron chi connectivity index (χ0n) is 13.9. The molecule has 1 amide bonds. The van der Waals surface area contributed by atoms with E-state index in [0.29, 0.717) is 19.4 Å². The van der Waals surface area contributed by atoms with Gasteiger partial charge in [0.25, 0.3) is 0 Å². The largest absolute Gasteiger partial charge is 0.354 e. The smallest absolute Gasteiger partial charge is 0.241 e. The normalized spacial score (nSPS) is 17.9. The van der Waals surface area contributed by atoms with Crippen LogP contribution in [-0.2, 0) is 20.0 Å². The molecule has 1 aromatic rings. The first-order valence-electron chi connectivity index (χ1n) is 7.82. The standard InChI is InChI=1S/C17H24BrNO3S/c1-16(2,13-6-8-14(18)9-7-13)12-19-15(20)17(23(3,21)22)10-4-5-11-17/h6-9H,4-5,10-12H2,1-3H3,(H,19,20). The minimum absolute atomic E-state index is 0.270. The van der Waals surface area contributed by atoms with E-state index in [1.165, 1.54) is 6.26 Å². The summed E-state index contributed by atoms with van der Waals surface area (Å²) in [5.74, 6) is -0.345. The van der Waals surface area contributed by atoms with Gasteiger partial charge in [-0.2, -0.15) is 0 Å². The molecule has 1 aliphatic carbocycles. The summed E-state index contributed by atoms with van der Waals surface area (Å²) in [4.78, 5) is 12.6. The lowest BCUT2D eigenvalue weighted by molar-refractivity contribution is -0.123. The Bertz CT molecular complexity index is 674. The van der Waals surface area contributed by atoms with Gasteiger partial charge in [0.2, 0.25) is 5.91 Å². The summed E-state index contributed by atoms with van der Waals surface area (Å²) in [6.45, 7) is 4.49. The van der Waals surface area contributed by atoms with Crippen LogP contribution < -0.4 is 5.32 Å². The van der Waals surface area contributed by atoms with Gasteiger partial charge in [-0.1, -0.05) is 54.8 Å². The molecule has 128 valence electrons. The molecular formula is C17H24BrNO3S. The number of benzene rings is 1. The van der Waals surface area contributed by atoms with Crippen molar-refractivity contribution in [2.24, 2.45) is 0 Å². The molecular weight excluding hydrogens is 378 g/mol. The van der Waals surface area contributed by atoms with Gasteiger partial charge in [-0.15, -0.1) is 0 Å². The van der Waals surface area contributed by atoms with Crippen LogP contribution in [0, 0.1) is 0 Å². The highest BCUT2D eigenvalue weighted by molar-refractivity contribution is 9.10. The first-order valence-corrected chi connectivity index (χ1v) is 10.5. The Morgan fingerprint density at radius 2 is 1.74 bits per heavy atom. The van der Waals surface area contributed by atoms with Gasteiger partial charge in [0, 0.05) is 22.7 Å². The fourth-order valence-corrected chi connectivity index (χ4v) is 4.88. The van der Waals surface area contributed by atoms with E-state index in [1.54, 1.807) is 0 Å². The molecule has 0 spiro atoms. The number of nitrogens with one attached hydrogen (secondary N) is 1. The SMILES string of the molecule is CC(C)(CNC(=O)C1(S(C)(=O)=O)CCCC1)c1ccc(Br)cc1. The zero-order valence-corrected chi connectivity index (χ0v) is 16.3. The quantitative estimate of drug-likeness (QED) is 0.823. The Hall–Kier alpha value is -0.880. The summed E-state index contributed by atoms with van der Waals surface area (Å²) in [6.07, 6.45) is 3.61. The molecule has 0 radical (unpaired) electrons. The number of halogens is 1. The average Bonchev–Trinajstić information content (AvgIpc) is 2.96. The molecule has 23 heavy (non-hydrogen) atoms. The zero-order chi connectivity index (χ0) is 17.3. The molecule has 0 aliphatic heterocycles. The maximum atomic E-state index is 12.6. The van der Waals surface area contributed by atoms with Crippen molar-refractivity contribution in [3.63, 3.8) is 0 Å². The van der Waals surface area contributed by atoms with E-state index in [2.05, 4.69) is 21.2 Å². The van der Waals surface area contributed by atoms with Crippen molar-refractivity contribution in [1.29, 1.82) is 0 Å². The predicted molar refractivity (Wildman–Crippen MR) is 96.2 cm³/mol. The van der Waals surface area contributed by atoms with Crippen LogP contribution in [0.3, 0.4) is 0 Å². The Morgan fingerprint density at radius 3 is 2.22 bits per heavy atom. The lowest BCUT2D eigenvalue weighted by Gasteiger charge is -2.30. The van der Waals surface area contributed by atoms with Crippen LogP contribution in [0.1, 0.15) is 45.1 Å². The van der Waals surface area contributed by atoms with E-state index < -0.39 is 14.6 Å². The van der Waals surface area contributed by atoms with E-state index >= 15 is 0 Å². The van der Waals surface area contributed by atoms with E-state index in [-0.39, 0.29) is 11.3 Å². The van der Waals surface area contributed by atoms with Gasteiger partial charge in [-0.05, 0) is 30.5 Å². The molecule has 0 saturated heterocycles. The Morgan fingerprint density at radius 1 is 1.22 bits per heavy atom. The molecule has 4 nitrogen and oxygen atoms in total. The Labute approximate surface area is 147 Å². The second kappa shape index (κ2) is 6.55. The summed E-state index contributed by atoms with van der Waals surface area (Å²) in [6, 6.07) is 7.96. The van der Waals surface area contributed by atoms with Crippen molar-refractivity contribution >= 4 is 31.7 Å². The first-order chi connectivity index (χ1) is 10.6. The molecule has 0 unspecified atom stereocenters. The average molecular weight is 402 g/mol. The molecule has 6 heteroatoms. The van der Waals surface area contributed by atoms with E-state index in [9.17, 15) is 13.2 Å². The number of rotatable bonds is 5. The van der Waals surface area contributed by atoms with Gasteiger partial charge in [0.05, 0.1) is 0 Å². The Kier molecular flexibility index (Phi) is 5.26. The lowest BCUT2D eigenvalue weighted by atomic mass is 9.84. The summed E-state index contributed by atoms with van der Waals surface area (Å²) < 4.78 is 24.1. The van der Waals surface area contributed by atoms with Crippen molar-refractivity contribution in [2.45, 2.75) is 49.7 Å². The predicted octanol–water partition coefficient (Wildman–Crippen LogP) is 3.20. The number of hydrogen-bond acceptors (Lipinski definition) is 3. The lowest BCUT2D eigenvalue weighted by Crippen LogP contribution is -2.52. The molecule has 1 saturated carbocycles. The molecule has 0 heterocycles. The van der Waals surface area contributed by atoms with Gasteiger partial charge >= 0.3 is 0 Å². The van der Waals surface area contributed by atoms with Crippen LogP contribution in [0.4, 0.5) is 0 Å². The van der Waals surface area contributed by atoms with Crippen molar-refractivity contribution in [2.75, 3.05) is 12.8 Å². The third-order valence-electron chi connectivity index (χ3n) is 4.85. The number of carbonyl (C=O) groups excluding carboxylic acids is 1. The number of hydrogen-bond donors (Lipinski definition) is 1. The molecule has 0 aromatic heterocycles. The monoisotopic (exact) mass is 401 g/mol. The number of amides is 1. The molecule has 1 aromatic carbocycles. The van der Waals surface area contributed by atoms with Gasteiger partial charge < -0.3 is 5.32 Å². The van der Waals surface area contributed by atoms with Gasteiger partial charge in [-0.25, -0.2) is 8.42 Å². The molecule has 2 rings (SSSR count). The van der Waals surface area contributed by atoms with Gasteiger partial charge in [0.15, 0.2) is 9.84 Å². The third-order valence-corrected chi connectivity index (χ3v) is 7.39. The van der Waals surface area contributed by atoms with Crippen LogP contribution in [0.15, 0.2) is 28.7 Å². The second-order valence-electron chi connectivity index (χ2n) is 7.05. The molecule has 1 aliphatic rings. The van der Waals surface area contributed by atoms with Crippen LogP contribution >= 0.6 is 15.9 Å². The highest BCUT2D eigenvalue weighted by atomic mass is 79.9. The van der Waals surface area contributed by atoms with Crippen LogP contribution in [0.25, 0.3) is 0 Å². The van der Waals surface area contributed by atoms with E-state index in [1.807, 2.05) is 38.1 Å². The van der Waals surface area contributed by atoms with Gasteiger partial charge in [0.1, 0.15) is 4.75 Å². The van der Waals surface area contributed by atoms with Crippen molar-refractivity contribution in [3.8, 4) is 0 Å². The summed E-state index contributed by atoms with van der Waals surface area (Å²) in [5.41, 5.74) is 0.828. The van der Waals surface area contributed by atoms with Gasteiger partial charge in [-0.3, -0.25) is 4.79 Å². The highest BCUT2D eigenvalue weighted by Gasteiger charge is 2.50. The van der Waals surface area contributed by atoms with Crippen molar-refractivity contribution < 1.29 is 13.2 Å². The molecule has 1 N–H and O–H groups in total. The van der Waals surface area contributed by atoms with Crippen molar-refractivity contribution in [1.82, 2.24) is 5.32 Å². The highest BCUT2D eigenvalue weighted by Crippen LogP contribution is 2.37. The van der Waals surface area contributed by atoms with Crippen molar-refractivity contribution in [3.05, 3.63) is 34.3 Å². The first kappa shape index (κ1) is 18.5. The van der Waals surface area contributed by atoms with Crippen LogP contribution in [0.5, 0.6) is 0 Å². The van der Waals surface area contributed by atoms with E-state index in [0.717, 1.165) is 22.9 Å². The summed E-state index contributed by atoms with van der Waals surface area (Å²) in [7, 11) is -3.42. The number of carbonyl (C=O) groups is 1. The summed E-state index contributed by atoms with van der Waals surface area (Å²) >= 11 is 3.41. The van der Waals surface area contributed by atoms with E-state index in [4.69, 9.17) is 0 Å². The maximum absolute atomic E-state index is 12.6. The topological polar surface area (TPSA) is 63.2 Å². The fourth-order valence-electron chi connectivity index (χ4n) is 3.18. The van der Waals surface area contributed by atoms with Crippen LogP contribution in [0.2, 0.25) is 0 Å².